The van der Waals surface area contributed by atoms with Crippen molar-refractivity contribution in [1.29, 1.82) is 0 Å². The van der Waals surface area contributed by atoms with Crippen molar-refractivity contribution in [2.75, 3.05) is 0 Å². The summed E-state index contributed by atoms with van der Waals surface area (Å²) in [4.78, 5) is 4.02. The highest BCUT2D eigenvalue weighted by Crippen LogP contribution is 2.19. The van der Waals surface area contributed by atoms with Crippen LogP contribution in [0.5, 0.6) is 0 Å². The Hall–Kier alpha value is -0.540. The van der Waals surface area contributed by atoms with Crippen LogP contribution in [0.1, 0.15) is 37.8 Å². The first-order valence-corrected chi connectivity index (χ1v) is 4.73. The number of hydrogen-bond donors (Lipinski definition) is 0. The normalized spacial score (nSPS) is 13.6. The van der Waals surface area contributed by atoms with Gasteiger partial charge in [0.1, 0.15) is 17.7 Å². The van der Waals surface area contributed by atoms with Crippen LogP contribution in [0.2, 0.25) is 0 Å². The summed E-state index contributed by atoms with van der Waals surface area (Å²) in [5, 5.41) is -0.187. The molecule has 1 unspecified atom stereocenters. The van der Waals surface area contributed by atoms with E-state index in [0.29, 0.717) is 12.5 Å². The Morgan fingerprint density at radius 3 is 2.69 bits per heavy atom. The van der Waals surface area contributed by atoms with E-state index < -0.39 is 0 Å². The molecule has 1 aromatic heterocycles. The molecule has 1 rings (SSSR count). The Labute approximate surface area is 83.1 Å². The molecule has 0 aliphatic carbocycles. The SMILES string of the molecule is CC(C)OCc1cnc(C(C)Cl)o1. The third kappa shape index (κ3) is 3.36. The second-order valence-corrected chi connectivity index (χ2v) is 3.80. The van der Waals surface area contributed by atoms with Gasteiger partial charge in [-0.15, -0.1) is 11.6 Å². The van der Waals surface area contributed by atoms with E-state index in [1.54, 1.807) is 6.20 Å². The van der Waals surface area contributed by atoms with Crippen LogP contribution < -0.4 is 0 Å². The summed E-state index contributed by atoms with van der Waals surface area (Å²) in [6, 6.07) is 0. The molecular formula is C9H14ClNO2. The second-order valence-electron chi connectivity index (χ2n) is 3.14. The molecule has 0 aliphatic heterocycles. The minimum absolute atomic E-state index is 0.187. The number of aromatic nitrogens is 1. The van der Waals surface area contributed by atoms with E-state index in [2.05, 4.69) is 4.98 Å². The molecule has 0 N–H and O–H groups in total. The molecule has 0 saturated carbocycles. The van der Waals surface area contributed by atoms with Crippen molar-refractivity contribution >= 4 is 11.6 Å². The van der Waals surface area contributed by atoms with Gasteiger partial charge in [-0.2, -0.15) is 0 Å². The zero-order chi connectivity index (χ0) is 9.84. The minimum Gasteiger partial charge on any atom is -0.442 e. The van der Waals surface area contributed by atoms with Gasteiger partial charge in [-0.1, -0.05) is 0 Å². The smallest absolute Gasteiger partial charge is 0.212 e. The molecule has 0 amide bonds. The van der Waals surface area contributed by atoms with Crippen molar-refractivity contribution in [3.63, 3.8) is 0 Å². The fourth-order valence-corrected chi connectivity index (χ4v) is 0.923. The third-order valence-corrected chi connectivity index (χ3v) is 1.66. The number of hydrogen-bond acceptors (Lipinski definition) is 3. The van der Waals surface area contributed by atoms with Crippen molar-refractivity contribution in [2.24, 2.45) is 0 Å². The van der Waals surface area contributed by atoms with Crippen molar-refractivity contribution < 1.29 is 9.15 Å². The highest BCUT2D eigenvalue weighted by molar-refractivity contribution is 6.20. The van der Waals surface area contributed by atoms with Crippen molar-refractivity contribution in [2.45, 2.75) is 38.9 Å². The largest absolute Gasteiger partial charge is 0.442 e. The topological polar surface area (TPSA) is 35.3 Å². The monoisotopic (exact) mass is 203 g/mol. The molecule has 0 bridgehead atoms. The molecule has 1 heterocycles. The van der Waals surface area contributed by atoms with E-state index in [-0.39, 0.29) is 11.5 Å². The molecule has 1 aromatic rings. The maximum absolute atomic E-state index is 5.78. The van der Waals surface area contributed by atoms with Gasteiger partial charge in [-0.05, 0) is 20.8 Å². The lowest BCUT2D eigenvalue weighted by molar-refractivity contribution is 0.0539. The molecule has 3 nitrogen and oxygen atoms in total. The summed E-state index contributed by atoms with van der Waals surface area (Å²) in [6.07, 6.45) is 1.85. The second kappa shape index (κ2) is 4.63. The number of alkyl halides is 1. The molecular weight excluding hydrogens is 190 g/mol. The highest BCUT2D eigenvalue weighted by atomic mass is 35.5. The van der Waals surface area contributed by atoms with Gasteiger partial charge >= 0.3 is 0 Å². The van der Waals surface area contributed by atoms with E-state index >= 15 is 0 Å². The average molecular weight is 204 g/mol. The summed E-state index contributed by atoms with van der Waals surface area (Å²) < 4.78 is 10.7. The van der Waals surface area contributed by atoms with Crippen LogP contribution in [0.3, 0.4) is 0 Å². The molecule has 1 atom stereocenters. The highest BCUT2D eigenvalue weighted by Gasteiger charge is 2.09. The van der Waals surface area contributed by atoms with E-state index in [4.69, 9.17) is 20.8 Å². The van der Waals surface area contributed by atoms with Gasteiger partial charge in [0, 0.05) is 0 Å². The van der Waals surface area contributed by atoms with Crippen LogP contribution in [0.15, 0.2) is 10.6 Å². The Morgan fingerprint density at radius 2 is 2.23 bits per heavy atom. The number of halogens is 1. The van der Waals surface area contributed by atoms with E-state index in [0.717, 1.165) is 5.76 Å². The summed E-state index contributed by atoms with van der Waals surface area (Å²) in [7, 11) is 0. The molecule has 13 heavy (non-hydrogen) atoms. The fourth-order valence-electron chi connectivity index (χ4n) is 0.822. The third-order valence-electron chi connectivity index (χ3n) is 1.47. The first-order valence-electron chi connectivity index (χ1n) is 4.30. The number of oxazole rings is 1. The summed E-state index contributed by atoms with van der Waals surface area (Å²) in [6.45, 7) is 6.22. The van der Waals surface area contributed by atoms with Gasteiger partial charge in [-0.25, -0.2) is 4.98 Å². The van der Waals surface area contributed by atoms with Gasteiger partial charge in [0.25, 0.3) is 0 Å². The Kier molecular flexibility index (Phi) is 3.75. The fraction of sp³-hybridized carbons (Fsp3) is 0.667. The maximum Gasteiger partial charge on any atom is 0.212 e. The van der Waals surface area contributed by atoms with Gasteiger partial charge in [0.2, 0.25) is 5.89 Å². The van der Waals surface area contributed by atoms with E-state index in [1.807, 2.05) is 20.8 Å². The van der Waals surface area contributed by atoms with Crippen molar-refractivity contribution in [3.8, 4) is 0 Å². The van der Waals surface area contributed by atoms with Crippen LogP contribution in [-0.2, 0) is 11.3 Å². The van der Waals surface area contributed by atoms with Gasteiger partial charge in [-0.3, -0.25) is 0 Å². The van der Waals surface area contributed by atoms with Crippen molar-refractivity contribution in [1.82, 2.24) is 4.98 Å². The van der Waals surface area contributed by atoms with Gasteiger partial charge in [0.05, 0.1) is 12.3 Å². The Morgan fingerprint density at radius 1 is 1.54 bits per heavy atom. The lowest BCUT2D eigenvalue weighted by Gasteiger charge is -2.03. The van der Waals surface area contributed by atoms with Crippen LogP contribution in [0.4, 0.5) is 0 Å². The van der Waals surface area contributed by atoms with E-state index in [1.165, 1.54) is 0 Å². The van der Waals surface area contributed by atoms with Gasteiger partial charge < -0.3 is 9.15 Å². The quantitative estimate of drug-likeness (QED) is 0.706. The van der Waals surface area contributed by atoms with Crippen LogP contribution in [-0.4, -0.2) is 11.1 Å². The molecule has 0 aromatic carbocycles. The predicted octanol–water partition coefficient (Wildman–Crippen LogP) is 2.90. The van der Waals surface area contributed by atoms with Crippen LogP contribution in [0, 0.1) is 0 Å². The van der Waals surface area contributed by atoms with Crippen molar-refractivity contribution in [3.05, 3.63) is 17.8 Å². The molecule has 0 saturated heterocycles. The Bertz CT molecular complexity index is 258. The predicted molar refractivity (Wildman–Crippen MR) is 50.7 cm³/mol. The maximum atomic E-state index is 5.78. The first-order chi connectivity index (χ1) is 6.09. The molecule has 4 heteroatoms. The lowest BCUT2D eigenvalue weighted by atomic mass is 10.5. The standard InChI is InChI=1S/C9H14ClNO2/c1-6(2)12-5-8-4-11-9(13-8)7(3)10/h4,6-7H,5H2,1-3H3. The number of rotatable bonds is 4. The molecule has 0 radical (unpaired) electrons. The first kappa shape index (κ1) is 10.5. The summed E-state index contributed by atoms with van der Waals surface area (Å²) in [5.41, 5.74) is 0. The van der Waals surface area contributed by atoms with E-state index in [9.17, 15) is 0 Å². The zero-order valence-electron chi connectivity index (χ0n) is 8.08. The Balaban J connectivity index is 2.49. The lowest BCUT2D eigenvalue weighted by Crippen LogP contribution is -2.01. The minimum atomic E-state index is -0.187. The zero-order valence-corrected chi connectivity index (χ0v) is 8.84. The molecule has 74 valence electrons. The molecule has 0 fully saturated rings. The molecule has 0 aliphatic rings. The average Bonchev–Trinajstić information content (AvgIpc) is 2.48. The number of ether oxygens (including phenoxy) is 1. The van der Waals surface area contributed by atoms with Crippen LogP contribution >= 0.6 is 11.6 Å². The summed E-state index contributed by atoms with van der Waals surface area (Å²) in [5.74, 6) is 1.26. The molecule has 0 spiro atoms. The number of nitrogens with zero attached hydrogens (tertiary/aromatic N) is 1. The van der Waals surface area contributed by atoms with Gasteiger partial charge in [0.15, 0.2) is 0 Å². The van der Waals surface area contributed by atoms with Crippen LogP contribution in [0.25, 0.3) is 0 Å². The summed E-state index contributed by atoms with van der Waals surface area (Å²) >= 11 is 5.78.